The van der Waals surface area contributed by atoms with Crippen LogP contribution in [0, 0.1) is 0 Å². The van der Waals surface area contributed by atoms with E-state index < -0.39 is 0 Å². The first kappa shape index (κ1) is 18.0. The molecule has 0 spiro atoms. The molecule has 0 radical (unpaired) electrons. The van der Waals surface area contributed by atoms with Gasteiger partial charge in [0, 0.05) is 12.6 Å². The third kappa shape index (κ3) is 7.49. The monoisotopic (exact) mass is 292 g/mol. The summed E-state index contributed by atoms with van der Waals surface area (Å²) in [6.07, 6.45) is 2.49. The normalized spacial score (nSPS) is 12.6. The molecule has 0 aliphatic rings. The van der Waals surface area contributed by atoms with Crippen LogP contribution in [0.15, 0.2) is 24.3 Å². The number of benzene rings is 1. The number of nitrogens with zero attached hydrogens (tertiary/aromatic N) is 1. The molecule has 3 heteroatoms. The Balaban J connectivity index is 2.21. The average molecular weight is 292 g/mol. The van der Waals surface area contributed by atoms with E-state index in [0.717, 1.165) is 32.0 Å². The van der Waals surface area contributed by atoms with Crippen molar-refractivity contribution in [2.75, 3.05) is 26.2 Å². The smallest absolute Gasteiger partial charge is 0.119 e. The molecule has 1 aromatic carbocycles. The molecule has 0 heterocycles. The van der Waals surface area contributed by atoms with Crippen molar-refractivity contribution >= 4 is 0 Å². The van der Waals surface area contributed by atoms with Crippen molar-refractivity contribution in [3.63, 3.8) is 0 Å². The molecule has 1 unspecified atom stereocenters. The summed E-state index contributed by atoms with van der Waals surface area (Å²) in [5.41, 5.74) is 1.31. The third-order valence-electron chi connectivity index (χ3n) is 3.89. The zero-order chi connectivity index (χ0) is 15.5. The third-order valence-corrected chi connectivity index (χ3v) is 3.89. The van der Waals surface area contributed by atoms with E-state index in [2.05, 4.69) is 43.1 Å². The summed E-state index contributed by atoms with van der Waals surface area (Å²) in [6, 6.07) is 8.94. The number of ether oxygens (including phenoxy) is 1. The highest BCUT2D eigenvalue weighted by Gasteiger charge is 2.04. The summed E-state index contributed by atoms with van der Waals surface area (Å²) >= 11 is 0. The van der Waals surface area contributed by atoms with Crippen molar-refractivity contribution in [3.8, 4) is 5.75 Å². The second-order valence-electron chi connectivity index (χ2n) is 5.53. The van der Waals surface area contributed by atoms with Gasteiger partial charge in [0.2, 0.25) is 0 Å². The van der Waals surface area contributed by atoms with E-state index in [-0.39, 0.29) is 0 Å². The Morgan fingerprint density at radius 3 is 2.33 bits per heavy atom. The van der Waals surface area contributed by atoms with E-state index in [1.165, 1.54) is 24.9 Å². The van der Waals surface area contributed by atoms with Crippen molar-refractivity contribution < 1.29 is 4.74 Å². The van der Waals surface area contributed by atoms with Crippen molar-refractivity contribution in [1.29, 1.82) is 0 Å². The van der Waals surface area contributed by atoms with Crippen LogP contribution in [0.2, 0.25) is 0 Å². The van der Waals surface area contributed by atoms with Gasteiger partial charge in [-0.25, -0.2) is 0 Å². The fraction of sp³-hybridized carbons (Fsp3) is 0.667. The van der Waals surface area contributed by atoms with Gasteiger partial charge in [-0.2, -0.15) is 0 Å². The second kappa shape index (κ2) is 10.6. The van der Waals surface area contributed by atoms with Crippen LogP contribution >= 0.6 is 0 Å². The molecule has 21 heavy (non-hydrogen) atoms. The summed E-state index contributed by atoms with van der Waals surface area (Å²) in [7, 11) is 0. The zero-order valence-corrected chi connectivity index (χ0v) is 14.2. The van der Waals surface area contributed by atoms with Gasteiger partial charge >= 0.3 is 0 Å². The highest BCUT2D eigenvalue weighted by Crippen LogP contribution is 2.12. The first-order chi connectivity index (χ1) is 10.2. The lowest BCUT2D eigenvalue weighted by atomic mass is 10.1. The molecular weight excluding hydrogens is 260 g/mol. The van der Waals surface area contributed by atoms with Gasteiger partial charge in [-0.05, 0) is 64.0 Å². The Hall–Kier alpha value is -1.06. The Bertz CT molecular complexity index is 360. The van der Waals surface area contributed by atoms with E-state index in [1.54, 1.807) is 0 Å². The molecule has 0 amide bonds. The van der Waals surface area contributed by atoms with Crippen LogP contribution in [0.3, 0.4) is 0 Å². The largest absolute Gasteiger partial charge is 0.494 e. The first-order valence-electron chi connectivity index (χ1n) is 8.37. The fourth-order valence-electron chi connectivity index (χ4n) is 2.43. The molecule has 0 saturated heterocycles. The molecule has 1 N–H and O–H groups in total. The van der Waals surface area contributed by atoms with E-state index >= 15 is 0 Å². The van der Waals surface area contributed by atoms with Crippen LogP contribution < -0.4 is 10.1 Å². The van der Waals surface area contributed by atoms with Gasteiger partial charge in [0.25, 0.3) is 0 Å². The zero-order valence-electron chi connectivity index (χ0n) is 14.2. The van der Waals surface area contributed by atoms with Gasteiger partial charge in [-0.3, -0.25) is 0 Å². The van der Waals surface area contributed by atoms with Crippen LogP contribution in [0.1, 0.15) is 46.1 Å². The maximum atomic E-state index is 5.46. The van der Waals surface area contributed by atoms with Crippen LogP contribution in [-0.4, -0.2) is 37.2 Å². The molecule has 0 aliphatic heterocycles. The molecular formula is C18H32N2O. The Kier molecular flexibility index (Phi) is 9.11. The fourth-order valence-corrected chi connectivity index (χ4v) is 2.43. The van der Waals surface area contributed by atoms with Crippen molar-refractivity contribution in [1.82, 2.24) is 10.2 Å². The van der Waals surface area contributed by atoms with Crippen LogP contribution in [0.4, 0.5) is 0 Å². The van der Waals surface area contributed by atoms with E-state index in [1.807, 2.05) is 19.1 Å². The van der Waals surface area contributed by atoms with Gasteiger partial charge in [-0.15, -0.1) is 0 Å². The summed E-state index contributed by atoms with van der Waals surface area (Å²) in [6.45, 7) is 13.9. The summed E-state index contributed by atoms with van der Waals surface area (Å²) < 4.78 is 5.46. The Morgan fingerprint density at radius 2 is 1.76 bits per heavy atom. The molecule has 0 fully saturated rings. The van der Waals surface area contributed by atoms with Crippen LogP contribution in [0.25, 0.3) is 0 Å². The maximum Gasteiger partial charge on any atom is 0.119 e. The lowest BCUT2D eigenvalue weighted by Crippen LogP contribution is -2.28. The average Bonchev–Trinajstić information content (AvgIpc) is 2.51. The summed E-state index contributed by atoms with van der Waals surface area (Å²) in [5.74, 6) is 0.952. The van der Waals surface area contributed by atoms with E-state index in [4.69, 9.17) is 4.74 Å². The van der Waals surface area contributed by atoms with Gasteiger partial charge < -0.3 is 15.0 Å². The minimum Gasteiger partial charge on any atom is -0.494 e. The summed E-state index contributed by atoms with van der Waals surface area (Å²) in [5, 5.41) is 3.60. The van der Waals surface area contributed by atoms with Crippen molar-refractivity contribution in [2.45, 2.75) is 53.1 Å². The predicted molar refractivity (Wildman–Crippen MR) is 90.9 cm³/mol. The molecule has 1 rings (SSSR count). The van der Waals surface area contributed by atoms with Gasteiger partial charge in [-0.1, -0.05) is 26.0 Å². The second-order valence-corrected chi connectivity index (χ2v) is 5.53. The number of nitrogens with one attached hydrogen (secondary N) is 1. The minimum absolute atomic E-state index is 0.562. The van der Waals surface area contributed by atoms with Crippen molar-refractivity contribution in [2.24, 2.45) is 0 Å². The van der Waals surface area contributed by atoms with Gasteiger partial charge in [0.05, 0.1) is 6.61 Å². The Morgan fingerprint density at radius 1 is 1.10 bits per heavy atom. The summed E-state index contributed by atoms with van der Waals surface area (Å²) in [4.78, 5) is 2.49. The quantitative estimate of drug-likeness (QED) is 0.673. The minimum atomic E-state index is 0.562. The lowest BCUT2D eigenvalue weighted by Gasteiger charge is -2.19. The molecule has 1 atom stereocenters. The molecule has 120 valence electrons. The number of hydrogen-bond acceptors (Lipinski definition) is 3. The van der Waals surface area contributed by atoms with Crippen molar-refractivity contribution in [3.05, 3.63) is 29.8 Å². The standard InChI is InChI=1S/C18H32N2O/c1-5-20(6-2)14-8-9-16(4)19-15-17-10-12-18(13-11-17)21-7-3/h10-13,16,19H,5-9,14-15H2,1-4H3. The van der Waals surface area contributed by atoms with Crippen LogP contribution in [-0.2, 0) is 6.54 Å². The molecule has 0 aliphatic carbocycles. The molecule has 0 bridgehead atoms. The first-order valence-corrected chi connectivity index (χ1v) is 8.37. The maximum absolute atomic E-state index is 5.46. The van der Waals surface area contributed by atoms with E-state index in [0.29, 0.717) is 6.04 Å². The number of rotatable bonds is 11. The van der Waals surface area contributed by atoms with Gasteiger partial charge in [0.15, 0.2) is 0 Å². The van der Waals surface area contributed by atoms with Crippen LogP contribution in [0.5, 0.6) is 5.75 Å². The highest BCUT2D eigenvalue weighted by atomic mass is 16.5. The van der Waals surface area contributed by atoms with Gasteiger partial charge in [0.1, 0.15) is 5.75 Å². The number of hydrogen-bond donors (Lipinski definition) is 1. The SMILES string of the molecule is CCOc1ccc(CNC(C)CCCN(CC)CC)cc1. The molecule has 0 saturated carbocycles. The highest BCUT2D eigenvalue weighted by molar-refractivity contribution is 5.27. The Labute approximate surface area is 130 Å². The molecule has 3 nitrogen and oxygen atoms in total. The predicted octanol–water partition coefficient (Wildman–Crippen LogP) is 3.69. The lowest BCUT2D eigenvalue weighted by molar-refractivity contribution is 0.290. The molecule has 0 aromatic heterocycles. The topological polar surface area (TPSA) is 24.5 Å². The van der Waals surface area contributed by atoms with E-state index in [9.17, 15) is 0 Å². The molecule has 1 aromatic rings.